The number of aryl methyl sites for hydroxylation is 1. The molecule has 0 radical (unpaired) electrons. The van der Waals surface area contributed by atoms with E-state index in [0.29, 0.717) is 19.1 Å². The zero-order chi connectivity index (χ0) is 17.3. The van der Waals surface area contributed by atoms with Crippen LogP contribution in [-0.2, 0) is 16.0 Å². The molecule has 1 aliphatic carbocycles. The van der Waals surface area contributed by atoms with Gasteiger partial charge in [-0.1, -0.05) is 31.4 Å². The number of para-hydroxylation sites is 2. The number of H-pyrrole nitrogens is 1. The highest BCUT2D eigenvalue weighted by molar-refractivity contribution is 5.76. The number of nitrogens with one attached hydrogen (secondary N) is 2. The molecule has 2 N–H and O–H groups in total. The van der Waals surface area contributed by atoms with Gasteiger partial charge in [0, 0.05) is 26.0 Å². The van der Waals surface area contributed by atoms with Crippen LogP contribution in [0, 0.1) is 0 Å². The Morgan fingerprint density at radius 3 is 2.88 bits per heavy atom. The van der Waals surface area contributed by atoms with E-state index < -0.39 is 0 Å². The zero-order valence-electron chi connectivity index (χ0n) is 14.9. The van der Waals surface area contributed by atoms with Gasteiger partial charge in [0.1, 0.15) is 5.82 Å². The average Bonchev–Trinajstić information content (AvgIpc) is 3.05. The van der Waals surface area contributed by atoms with Crippen LogP contribution in [0.1, 0.15) is 57.2 Å². The maximum Gasteiger partial charge on any atom is 0.220 e. The first-order chi connectivity index (χ1) is 12.3. The van der Waals surface area contributed by atoms with Gasteiger partial charge in [-0.25, -0.2) is 4.98 Å². The van der Waals surface area contributed by atoms with Crippen LogP contribution in [0.25, 0.3) is 11.0 Å². The fourth-order valence-corrected chi connectivity index (χ4v) is 3.41. The number of ether oxygens (including phenoxy) is 1. The Morgan fingerprint density at radius 2 is 2.04 bits per heavy atom. The van der Waals surface area contributed by atoms with Crippen LogP contribution in [0.2, 0.25) is 0 Å². The number of hydrogen-bond donors (Lipinski definition) is 2. The van der Waals surface area contributed by atoms with Crippen molar-refractivity contribution < 1.29 is 9.53 Å². The highest BCUT2D eigenvalue weighted by Crippen LogP contribution is 2.20. The quantitative estimate of drug-likeness (QED) is 0.682. The molecule has 1 aromatic heterocycles. The third-order valence-corrected chi connectivity index (χ3v) is 4.80. The van der Waals surface area contributed by atoms with Crippen molar-refractivity contribution in [2.75, 3.05) is 13.2 Å². The minimum absolute atomic E-state index is 0.119. The Balaban J connectivity index is 1.24. The van der Waals surface area contributed by atoms with Gasteiger partial charge < -0.3 is 15.0 Å². The summed E-state index contributed by atoms with van der Waals surface area (Å²) in [6.07, 6.45) is 9.85. The Labute approximate surface area is 149 Å². The lowest BCUT2D eigenvalue weighted by Gasteiger charge is -2.21. The molecule has 2 aromatic rings. The van der Waals surface area contributed by atoms with Crippen LogP contribution in [0.3, 0.4) is 0 Å². The third kappa shape index (κ3) is 5.85. The van der Waals surface area contributed by atoms with E-state index >= 15 is 0 Å². The van der Waals surface area contributed by atoms with E-state index in [2.05, 4.69) is 15.3 Å². The number of amides is 1. The summed E-state index contributed by atoms with van der Waals surface area (Å²) in [6.45, 7) is 1.46. The van der Waals surface area contributed by atoms with Crippen LogP contribution >= 0.6 is 0 Å². The van der Waals surface area contributed by atoms with E-state index in [4.69, 9.17) is 4.74 Å². The summed E-state index contributed by atoms with van der Waals surface area (Å²) >= 11 is 0. The second kappa shape index (κ2) is 9.56. The molecule has 0 spiro atoms. The fourth-order valence-electron chi connectivity index (χ4n) is 3.41. The van der Waals surface area contributed by atoms with Crippen molar-refractivity contribution in [3.8, 4) is 0 Å². The molecule has 25 heavy (non-hydrogen) atoms. The van der Waals surface area contributed by atoms with Gasteiger partial charge in [0.25, 0.3) is 0 Å². The largest absolute Gasteiger partial charge is 0.378 e. The van der Waals surface area contributed by atoms with Crippen molar-refractivity contribution in [1.29, 1.82) is 0 Å². The zero-order valence-corrected chi connectivity index (χ0v) is 14.9. The van der Waals surface area contributed by atoms with Gasteiger partial charge in [-0.05, 0) is 37.8 Å². The molecular weight excluding hydrogens is 314 g/mol. The van der Waals surface area contributed by atoms with Gasteiger partial charge in [-0.2, -0.15) is 0 Å². The number of rotatable bonds is 9. The number of aromatic amines is 1. The normalized spacial score (nSPS) is 15.5. The maximum atomic E-state index is 11.9. The standard InChI is InChI=1S/C20H29N3O2/c24-20(21-14-7-15-25-16-8-2-1-3-9-16)13-6-12-19-22-17-10-4-5-11-18(17)23-19/h4-5,10-11,16H,1-3,6-9,12-15H2,(H,21,24)(H,22,23). The van der Waals surface area contributed by atoms with Crippen molar-refractivity contribution in [3.05, 3.63) is 30.1 Å². The number of nitrogens with zero attached hydrogens (tertiary/aromatic N) is 1. The lowest BCUT2D eigenvalue weighted by Crippen LogP contribution is -2.26. The molecule has 0 atom stereocenters. The van der Waals surface area contributed by atoms with Gasteiger partial charge in [0.05, 0.1) is 17.1 Å². The minimum Gasteiger partial charge on any atom is -0.378 e. The topological polar surface area (TPSA) is 67.0 Å². The van der Waals surface area contributed by atoms with E-state index in [0.717, 1.165) is 42.7 Å². The van der Waals surface area contributed by atoms with E-state index in [-0.39, 0.29) is 5.91 Å². The monoisotopic (exact) mass is 343 g/mol. The predicted octanol–water partition coefficient (Wildman–Crippen LogP) is 3.74. The minimum atomic E-state index is 0.119. The SMILES string of the molecule is O=C(CCCc1nc2ccccc2[nH]1)NCCCOC1CCCCC1. The first kappa shape index (κ1) is 17.9. The molecule has 1 aromatic carbocycles. The molecular formula is C20H29N3O2. The number of benzene rings is 1. The van der Waals surface area contributed by atoms with Gasteiger partial charge in [0.15, 0.2) is 0 Å². The molecule has 1 fully saturated rings. The summed E-state index contributed by atoms with van der Waals surface area (Å²) in [4.78, 5) is 19.7. The fraction of sp³-hybridized carbons (Fsp3) is 0.600. The lowest BCUT2D eigenvalue weighted by molar-refractivity contribution is -0.121. The van der Waals surface area contributed by atoms with Crippen LogP contribution in [-0.4, -0.2) is 35.1 Å². The van der Waals surface area contributed by atoms with Crippen LogP contribution in [0.15, 0.2) is 24.3 Å². The molecule has 0 bridgehead atoms. The van der Waals surface area contributed by atoms with Crippen molar-refractivity contribution in [3.63, 3.8) is 0 Å². The molecule has 1 aliphatic rings. The lowest BCUT2D eigenvalue weighted by atomic mass is 9.98. The number of imidazole rings is 1. The van der Waals surface area contributed by atoms with E-state index in [9.17, 15) is 4.79 Å². The molecule has 3 rings (SSSR count). The summed E-state index contributed by atoms with van der Waals surface area (Å²) in [5.41, 5.74) is 2.04. The van der Waals surface area contributed by atoms with Gasteiger partial charge in [0.2, 0.25) is 5.91 Å². The Bertz CT molecular complexity index is 629. The first-order valence-electron chi connectivity index (χ1n) is 9.63. The molecule has 0 aliphatic heterocycles. The van der Waals surface area contributed by atoms with Gasteiger partial charge in [-0.15, -0.1) is 0 Å². The molecule has 1 saturated carbocycles. The summed E-state index contributed by atoms with van der Waals surface area (Å²) in [5, 5.41) is 2.98. The highest BCUT2D eigenvalue weighted by atomic mass is 16.5. The number of carbonyl (C=O) groups excluding carboxylic acids is 1. The van der Waals surface area contributed by atoms with Crippen LogP contribution in [0.5, 0.6) is 0 Å². The van der Waals surface area contributed by atoms with E-state index in [1.54, 1.807) is 0 Å². The second-order valence-electron chi connectivity index (χ2n) is 6.89. The maximum absolute atomic E-state index is 11.9. The molecule has 0 unspecified atom stereocenters. The molecule has 136 valence electrons. The van der Waals surface area contributed by atoms with Crippen molar-refractivity contribution in [2.24, 2.45) is 0 Å². The molecule has 5 heteroatoms. The number of carbonyl (C=O) groups is 1. The van der Waals surface area contributed by atoms with Gasteiger partial charge >= 0.3 is 0 Å². The van der Waals surface area contributed by atoms with Crippen LogP contribution < -0.4 is 5.32 Å². The molecule has 0 saturated heterocycles. The molecule has 5 nitrogen and oxygen atoms in total. The van der Waals surface area contributed by atoms with Crippen molar-refractivity contribution in [1.82, 2.24) is 15.3 Å². The Hall–Kier alpha value is -1.88. The van der Waals surface area contributed by atoms with Crippen molar-refractivity contribution in [2.45, 2.75) is 63.9 Å². The van der Waals surface area contributed by atoms with E-state index in [1.165, 1.54) is 32.1 Å². The van der Waals surface area contributed by atoms with Crippen molar-refractivity contribution >= 4 is 16.9 Å². The predicted molar refractivity (Wildman–Crippen MR) is 99.5 cm³/mol. The summed E-state index contributed by atoms with van der Waals surface area (Å²) in [5.74, 6) is 1.07. The highest BCUT2D eigenvalue weighted by Gasteiger charge is 2.13. The second-order valence-corrected chi connectivity index (χ2v) is 6.89. The summed E-state index contributed by atoms with van der Waals surface area (Å²) in [7, 11) is 0. The Kier molecular flexibility index (Phi) is 6.86. The number of fused-ring (bicyclic) bond motifs is 1. The summed E-state index contributed by atoms with van der Waals surface area (Å²) < 4.78 is 5.87. The van der Waals surface area contributed by atoms with Gasteiger partial charge in [-0.3, -0.25) is 4.79 Å². The number of hydrogen-bond acceptors (Lipinski definition) is 3. The first-order valence-corrected chi connectivity index (χ1v) is 9.63. The molecule has 1 heterocycles. The molecule has 1 amide bonds. The average molecular weight is 343 g/mol. The van der Waals surface area contributed by atoms with Crippen LogP contribution in [0.4, 0.5) is 0 Å². The number of aromatic nitrogens is 2. The smallest absolute Gasteiger partial charge is 0.220 e. The summed E-state index contributed by atoms with van der Waals surface area (Å²) in [6, 6.07) is 8.00. The Morgan fingerprint density at radius 1 is 1.20 bits per heavy atom. The van der Waals surface area contributed by atoms with E-state index in [1.807, 2.05) is 24.3 Å². The third-order valence-electron chi connectivity index (χ3n) is 4.80.